The van der Waals surface area contributed by atoms with Crippen molar-refractivity contribution in [1.82, 2.24) is 4.57 Å². The van der Waals surface area contributed by atoms with Crippen LogP contribution in [0.4, 0.5) is 11.4 Å². The molecule has 0 saturated heterocycles. The van der Waals surface area contributed by atoms with Crippen LogP contribution in [0.2, 0.25) is 0 Å². The van der Waals surface area contributed by atoms with Gasteiger partial charge in [-0.05, 0) is 65.2 Å². The van der Waals surface area contributed by atoms with Crippen LogP contribution in [0.25, 0.3) is 49.7 Å². The van der Waals surface area contributed by atoms with E-state index in [2.05, 4.69) is 149 Å². The molecule has 0 saturated carbocycles. The van der Waals surface area contributed by atoms with Crippen molar-refractivity contribution in [1.29, 1.82) is 0 Å². The zero-order chi connectivity index (χ0) is 26.9. The fraction of sp³-hybridized carbons (Fsp3) is 0.0270. The van der Waals surface area contributed by atoms with Gasteiger partial charge >= 0.3 is 0 Å². The van der Waals surface area contributed by atoms with E-state index in [-0.39, 0.29) is 0 Å². The van der Waals surface area contributed by atoms with E-state index in [1.165, 1.54) is 38.5 Å². The first kappa shape index (κ1) is 24.0. The van der Waals surface area contributed by atoms with Gasteiger partial charge in [-0.3, -0.25) is 0 Å². The van der Waals surface area contributed by atoms with Crippen LogP contribution in [0.15, 0.2) is 146 Å². The Labute approximate surface area is 234 Å². The van der Waals surface area contributed by atoms with E-state index < -0.39 is 0 Å². The SMILES string of the molecule is NCc1cccc(-n2c3ccccc3c3cc(-c4ccccc4Nc4ccccc4)cc(-c4ccccc4)c32)c1. The number of benzene rings is 6. The van der Waals surface area contributed by atoms with E-state index in [0.717, 1.165) is 28.2 Å². The Morgan fingerprint density at radius 1 is 0.550 bits per heavy atom. The van der Waals surface area contributed by atoms with Gasteiger partial charge in [-0.25, -0.2) is 0 Å². The molecule has 3 nitrogen and oxygen atoms in total. The third kappa shape index (κ3) is 4.23. The molecule has 7 aromatic rings. The van der Waals surface area contributed by atoms with Crippen molar-refractivity contribution in [3.63, 3.8) is 0 Å². The molecule has 0 fully saturated rings. The molecule has 7 rings (SSSR count). The lowest BCUT2D eigenvalue weighted by atomic mass is 9.94. The predicted octanol–water partition coefficient (Wildman–Crippen LogP) is 9.32. The zero-order valence-corrected chi connectivity index (χ0v) is 22.1. The second-order valence-corrected chi connectivity index (χ2v) is 10.0. The highest BCUT2D eigenvalue weighted by Crippen LogP contribution is 2.42. The fourth-order valence-electron chi connectivity index (χ4n) is 5.70. The second-order valence-electron chi connectivity index (χ2n) is 10.0. The molecule has 0 unspecified atom stereocenters. The fourth-order valence-corrected chi connectivity index (χ4v) is 5.70. The summed E-state index contributed by atoms with van der Waals surface area (Å²) >= 11 is 0. The number of hydrogen-bond acceptors (Lipinski definition) is 2. The molecule has 192 valence electrons. The van der Waals surface area contributed by atoms with Crippen molar-refractivity contribution in [2.75, 3.05) is 5.32 Å². The Morgan fingerprint density at radius 3 is 2.10 bits per heavy atom. The quantitative estimate of drug-likeness (QED) is 0.232. The molecule has 0 aliphatic carbocycles. The summed E-state index contributed by atoms with van der Waals surface area (Å²) in [5.41, 5.74) is 17.5. The van der Waals surface area contributed by atoms with Gasteiger partial charge in [0.05, 0.1) is 11.0 Å². The maximum absolute atomic E-state index is 6.06. The average molecular weight is 516 g/mol. The number of aromatic nitrogens is 1. The Bertz CT molecular complexity index is 1950. The molecule has 0 radical (unpaired) electrons. The number of nitrogens with two attached hydrogens (primary N) is 1. The minimum atomic E-state index is 0.506. The van der Waals surface area contributed by atoms with Crippen molar-refractivity contribution < 1.29 is 0 Å². The standard InChI is InChI=1S/C37H29N3/c38-25-26-12-11-17-30(22-26)40-36-21-10-8-19-32(36)34-24-28(23-33(37(34)40)27-13-3-1-4-14-27)31-18-7-9-20-35(31)39-29-15-5-2-6-16-29/h1-24,39H,25,38H2. The molecule has 0 spiro atoms. The number of fused-ring (bicyclic) bond motifs is 3. The van der Waals surface area contributed by atoms with E-state index in [1.54, 1.807) is 0 Å². The van der Waals surface area contributed by atoms with Crippen molar-refractivity contribution in [3.8, 4) is 27.9 Å². The van der Waals surface area contributed by atoms with Crippen LogP contribution < -0.4 is 11.1 Å². The summed E-state index contributed by atoms with van der Waals surface area (Å²) < 4.78 is 2.39. The monoisotopic (exact) mass is 515 g/mol. The summed E-state index contributed by atoms with van der Waals surface area (Å²) in [5, 5.41) is 6.09. The molecule has 0 amide bonds. The number of rotatable bonds is 6. The number of para-hydroxylation sites is 3. The van der Waals surface area contributed by atoms with Crippen LogP contribution in [0.1, 0.15) is 5.56 Å². The maximum Gasteiger partial charge on any atom is 0.0619 e. The Balaban J connectivity index is 1.55. The smallest absolute Gasteiger partial charge is 0.0619 e. The van der Waals surface area contributed by atoms with Gasteiger partial charge in [0.2, 0.25) is 0 Å². The molecule has 0 aliphatic rings. The summed E-state index contributed by atoms with van der Waals surface area (Å²) in [5.74, 6) is 0. The zero-order valence-electron chi connectivity index (χ0n) is 22.1. The normalized spacial score (nSPS) is 11.2. The second kappa shape index (κ2) is 10.2. The lowest BCUT2D eigenvalue weighted by Gasteiger charge is -2.16. The van der Waals surface area contributed by atoms with Crippen molar-refractivity contribution in [2.24, 2.45) is 5.73 Å². The van der Waals surface area contributed by atoms with Gasteiger partial charge < -0.3 is 15.6 Å². The van der Waals surface area contributed by atoms with Crippen molar-refractivity contribution in [2.45, 2.75) is 6.54 Å². The largest absolute Gasteiger partial charge is 0.355 e. The van der Waals surface area contributed by atoms with Crippen LogP contribution in [-0.4, -0.2) is 4.57 Å². The van der Waals surface area contributed by atoms with Crippen LogP contribution in [0.3, 0.4) is 0 Å². The van der Waals surface area contributed by atoms with E-state index in [0.29, 0.717) is 6.54 Å². The summed E-state index contributed by atoms with van der Waals surface area (Å²) in [6.07, 6.45) is 0. The molecule has 3 heteroatoms. The average Bonchev–Trinajstić information content (AvgIpc) is 3.36. The topological polar surface area (TPSA) is 43.0 Å². The van der Waals surface area contributed by atoms with Gasteiger partial charge in [-0.2, -0.15) is 0 Å². The Kier molecular flexibility index (Phi) is 6.12. The molecule has 0 bridgehead atoms. The molecule has 1 heterocycles. The first-order chi connectivity index (χ1) is 19.8. The summed E-state index contributed by atoms with van der Waals surface area (Å²) in [6, 6.07) is 51.5. The van der Waals surface area contributed by atoms with Gasteiger partial charge in [0, 0.05) is 45.5 Å². The number of anilines is 2. The molecule has 6 aromatic carbocycles. The molecule has 0 atom stereocenters. The molecule has 1 aromatic heterocycles. The summed E-state index contributed by atoms with van der Waals surface area (Å²) in [6.45, 7) is 0.506. The number of nitrogens with one attached hydrogen (secondary N) is 1. The van der Waals surface area contributed by atoms with Gasteiger partial charge in [0.1, 0.15) is 0 Å². The lowest BCUT2D eigenvalue weighted by molar-refractivity contribution is 1.06. The Hall–Kier alpha value is -5.12. The molecule has 40 heavy (non-hydrogen) atoms. The third-order valence-electron chi connectivity index (χ3n) is 7.55. The van der Waals surface area contributed by atoms with E-state index in [1.807, 2.05) is 6.07 Å². The van der Waals surface area contributed by atoms with Crippen molar-refractivity contribution >= 4 is 33.2 Å². The molecular weight excluding hydrogens is 486 g/mol. The van der Waals surface area contributed by atoms with Crippen LogP contribution in [-0.2, 0) is 6.54 Å². The van der Waals surface area contributed by atoms with Gasteiger partial charge in [-0.1, -0.05) is 97.1 Å². The lowest BCUT2D eigenvalue weighted by Crippen LogP contribution is -2.00. The summed E-state index contributed by atoms with van der Waals surface area (Å²) in [7, 11) is 0. The number of nitrogens with zero attached hydrogens (tertiary/aromatic N) is 1. The number of hydrogen-bond donors (Lipinski definition) is 2. The summed E-state index contributed by atoms with van der Waals surface area (Å²) in [4.78, 5) is 0. The van der Waals surface area contributed by atoms with E-state index in [9.17, 15) is 0 Å². The van der Waals surface area contributed by atoms with Gasteiger partial charge in [-0.15, -0.1) is 0 Å². The maximum atomic E-state index is 6.06. The highest BCUT2D eigenvalue weighted by molar-refractivity contribution is 6.15. The molecular formula is C37H29N3. The van der Waals surface area contributed by atoms with Crippen molar-refractivity contribution in [3.05, 3.63) is 151 Å². The minimum absolute atomic E-state index is 0.506. The van der Waals surface area contributed by atoms with Crippen LogP contribution >= 0.6 is 0 Å². The van der Waals surface area contributed by atoms with E-state index >= 15 is 0 Å². The highest BCUT2D eigenvalue weighted by Gasteiger charge is 2.19. The first-order valence-electron chi connectivity index (χ1n) is 13.6. The molecule has 3 N–H and O–H groups in total. The minimum Gasteiger partial charge on any atom is -0.355 e. The predicted molar refractivity (Wildman–Crippen MR) is 169 cm³/mol. The highest BCUT2D eigenvalue weighted by atomic mass is 15.0. The van der Waals surface area contributed by atoms with Gasteiger partial charge in [0.25, 0.3) is 0 Å². The molecule has 0 aliphatic heterocycles. The van der Waals surface area contributed by atoms with Crippen LogP contribution in [0.5, 0.6) is 0 Å². The van der Waals surface area contributed by atoms with E-state index in [4.69, 9.17) is 5.73 Å². The van der Waals surface area contributed by atoms with Gasteiger partial charge in [0.15, 0.2) is 0 Å². The van der Waals surface area contributed by atoms with Crippen LogP contribution in [0, 0.1) is 0 Å². The Morgan fingerprint density at radius 2 is 1.27 bits per heavy atom. The first-order valence-corrected chi connectivity index (χ1v) is 13.6. The third-order valence-corrected chi connectivity index (χ3v) is 7.55.